The van der Waals surface area contributed by atoms with Crippen molar-refractivity contribution in [3.63, 3.8) is 0 Å². The van der Waals surface area contributed by atoms with Gasteiger partial charge in [0.2, 0.25) is 0 Å². The number of aliphatic carboxylic acids is 1. The number of carbonyl (C=O) groups excluding carboxylic acids is 1. The lowest BCUT2D eigenvalue weighted by Gasteiger charge is -2.23. The topological polar surface area (TPSA) is 87.5 Å². The standard InChI is InChI=1S/C17H28N4O3/c1-11(13-9-21(16(3,4)5)19-12(13)2)18-15(24)20-8-7-17(6,10-20)14(22)23/h9,11H,7-8,10H2,1-6H3,(H,18,24)(H,22,23). The molecule has 134 valence electrons. The van der Waals surface area contributed by atoms with Crippen LogP contribution in [-0.4, -0.2) is 44.9 Å². The average molecular weight is 336 g/mol. The second-order valence-corrected chi connectivity index (χ2v) is 7.99. The van der Waals surface area contributed by atoms with Gasteiger partial charge in [0.1, 0.15) is 0 Å². The predicted octanol–water partition coefficient (Wildman–Crippen LogP) is 2.51. The van der Waals surface area contributed by atoms with Crippen molar-refractivity contribution in [1.82, 2.24) is 20.0 Å². The second kappa shape index (κ2) is 6.11. The maximum atomic E-state index is 12.4. The third-order valence-electron chi connectivity index (χ3n) is 4.71. The van der Waals surface area contributed by atoms with Crippen LogP contribution in [0.5, 0.6) is 0 Å². The Hall–Kier alpha value is -2.05. The molecular formula is C17H28N4O3. The van der Waals surface area contributed by atoms with Gasteiger partial charge in [0, 0.05) is 24.8 Å². The Morgan fingerprint density at radius 2 is 2.04 bits per heavy atom. The summed E-state index contributed by atoms with van der Waals surface area (Å²) in [6.45, 7) is 12.4. The Bertz CT molecular complexity index is 647. The van der Waals surface area contributed by atoms with Gasteiger partial charge in [-0.3, -0.25) is 9.48 Å². The Labute approximate surface area is 143 Å². The molecule has 1 aromatic heterocycles. The molecule has 2 amide bonds. The Morgan fingerprint density at radius 1 is 1.42 bits per heavy atom. The number of carboxylic acid groups (broad SMARTS) is 1. The molecule has 0 radical (unpaired) electrons. The van der Waals surface area contributed by atoms with Gasteiger partial charge in [0.05, 0.1) is 22.7 Å². The largest absolute Gasteiger partial charge is 0.481 e. The summed E-state index contributed by atoms with van der Waals surface area (Å²) < 4.78 is 1.90. The maximum absolute atomic E-state index is 12.4. The van der Waals surface area contributed by atoms with Gasteiger partial charge in [-0.15, -0.1) is 0 Å². The molecule has 2 atom stereocenters. The summed E-state index contributed by atoms with van der Waals surface area (Å²) in [5.74, 6) is -0.854. The number of nitrogens with one attached hydrogen (secondary N) is 1. The van der Waals surface area contributed by atoms with Crippen LogP contribution in [0.1, 0.15) is 58.3 Å². The quantitative estimate of drug-likeness (QED) is 0.888. The number of urea groups is 1. The number of aryl methyl sites for hydroxylation is 1. The number of carbonyl (C=O) groups is 2. The van der Waals surface area contributed by atoms with E-state index < -0.39 is 11.4 Å². The smallest absolute Gasteiger partial charge is 0.317 e. The molecular weight excluding hydrogens is 308 g/mol. The number of nitrogens with zero attached hydrogens (tertiary/aromatic N) is 3. The molecule has 2 heterocycles. The molecule has 24 heavy (non-hydrogen) atoms. The van der Waals surface area contributed by atoms with E-state index in [2.05, 4.69) is 31.2 Å². The van der Waals surface area contributed by atoms with Gasteiger partial charge in [0.25, 0.3) is 0 Å². The summed E-state index contributed by atoms with van der Waals surface area (Å²) in [4.78, 5) is 25.3. The summed E-state index contributed by atoms with van der Waals surface area (Å²) in [6, 6.07) is -0.416. The van der Waals surface area contributed by atoms with E-state index in [-0.39, 0.29) is 24.2 Å². The number of hydrogen-bond donors (Lipinski definition) is 2. The number of amides is 2. The van der Waals surface area contributed by atoms with Gasteiger partial charge < -0.3 is 15.3 Å². The van der Waals surface area contributed by atoms with Crippen molar-refractivity contribution < 1.29 is 14.7 Å². The molecule has 2 N–H and O–H groups in total. The molecule has 1 fully saturated rings. The first-order valence-electron chi connectivity index (χ1n) is 8.29. The molecule has 0 saturated carbocycles. The lowest BCUT2D eigenvalue weighted by atomic mass is 9.90. The fourth-order valence-corrected chi connectivity index (χ4v) is 2.91. The zero-order chi connectivity index (χ0) is 18.3. The highest BCUT2D eigenvalue weighted by Gasteiger charge is 2.42. The highest BCUT2D eigenvalue weighted by atomic mass is 16.4. The van der Waals surface area contributed by atoms with Crippen LogP contribution >= 0.6 is 0 Å². The van der Waals surface area contributed by atoms with Crippen LogP contribution in [0.2, 0.25) is 0 Å². The SMILES string of the molecule is Cc1nn(C(C)(C)C)cc1C(C)NC(=O)N1CCC(C)(C(=O)O)C1. The van der Waals surface area contributed by atoms with E-state index >= 15 is 0 Å². The van der Waals surface area contributed by atoms with Gasteiger partial charge in [0.15, 0.2) is 0 Å². The molecule has 0 aromatic carbocycles. The van der Waals surface area contributed by atoms with Crippen LogP contribution in [0.3, 0.4) is 0 Å². The molecule has 2 rings (SSSR count). The third kappa shape index (κ3) is 3.55. The van der Waals surface area contributed by atoms with Crippen LogP contribution in [0.15, 0.2) is 6.20 Å². The van der Waals surface area contributed by atoms with Crippen LogP contribution in [0.25, 0.3) is 0 Å². The fourth-order valence-electron chi connectivity index (χ4n) is 2.91. The third-order valence-corrected chi connectivity index (χ3v) is 4.71. The number of aromatic nitrogens is 2. The van der Waals surface area contributed by atoms with Crippen molar-refractivity contribution in [2.45, 2.75) is 59.5 Å². The Morgan fingerprint density at radius 3 is 2.50 bits per heavy atom. The first kappa shape index (κ1) is 18.3. The van der Waals surface area contributed by atoms with Crippen LogP contribution in [0.4, 0.5) is 4.79 Å². The first-order chi connectivity index (χ1) is 10.9. The number of hydrogen-bond acceptors (Lipinski definition) is 3. The molecule has 7 nitrogen and oxygen atoms in total. The van der Waals surface area contributed by atoms with Gasteiger partial charge >= 0.3 is 12.0 Å². The number of carboxylic acids is 1. The van der Waals surface area contributed by atoms with Crippen molar-refractivity contribution in [2.75, 3.05) is 13.1 Å². The van der Waals surface area contributed by atoms with E-state index in [1.165, 1.54) is 0 Å². The lowest BCUT2D eigenvalue weighted by molar-refractivity contribution is -0.147. The molecule has 0 bridgehead atoms. The lowest BCUT2D eigenvalue weighted by Crippen LogP contribution is -2.41. The predicted molar refractivity (Wildman–Crippen MR) is 90.8 cm³/mol. The molecule has 0 spiro atoms. The number of likely N-dealkylation sites (tertiary alicyclic amines) is 1. The monoisotopic (exact) mass is 336 g/mol. The zero-order valence-electron chi connectivity index (χ0n) is 15.4. The van der Waals surface area contributed by atoms with Crippen molar-refractivity contribution >= 4 is 12.0 Å². The fraction of sp³-hybridized carbons (Fsp3) is 0.706. The molecule has 0 aliphatic carbocycles. The van der Waals surface area contributed by atoms with Crippen molar-refractivity contribution in [3.05, 3.63) is 17.5 Å². The summed E-state index contributed by atoms with van der Waals surface area (Å²) in [6.07, 6.45) is 2.44. The minimum Gasteiger partial charge on any atom is -0.481 e. The van der Waals surface area contributed by atoms with Crippen molar-refractivity contribution in [2.24, 2.45) is 5.41 Å². The molecule has 7 heteroatoms. The summed E-state index contributed by atoms with van der Waals surface area (Å²) in [5, 5.41) is 16.8. The summed E-state index contributed by atoms with van der Waals surface area (Å²) >= 11 is 0. The molecule has 2 unspecified atom stereocenters. The maximum Gasteiger partial charge on any atom is 0.317 e. The van der Waals surface area contributed by atoms with E-state index in [0.717, 1.165) is 11.3 Å². The molecule has 1 aliphatic heterocycles. The van der Waals surface area contributed by atoms with Gasteiger partial charge in [-0.1, -0.05) is 0 Å². The zero-order valence-corrected chi connectivity index (χ0v) is 15.4. The van der Waals surface area contributed by atoms with E-state index in [0.29, 0.717) is 13.0 Å². The van der Waals surface area contributed by atoms with Crippen LogP contribution < -0.4 is 5.32 Å². The Balaban J connectivity index is 2.05. The van der Waals surface area contributed by atoms with E-state index in [1.54, 1.807) is 11.8 Å². The molecule has 1 aliphatic rings. The van der Waals surface area contributed by atoms with E-state index in [1.807, 2.05) is 24.7 Å². The second-order valence-electron chi connectivity index (χ2n) is 7.99. The number of rotatable bonds is 3. The van der Waals surface area contributed by atoms with Gasteiger partial charge in [-0.05, 0) is 48.0 Å². The first-order valence-corrected chi connectivity index (χ1v) is 8.29. The molecule has 1 aromatic rings. The van der Waals surface area contributed by atoms with Crippen molar-refractivity contribution in [3.8, 4) is 0 Å². The Kier molecular flexibility index (Phi) is 4.65. The van der Waals surface area contributed by atoms with Crippen molar-refractivity contribution in [1.29, 1.82) is 0 Å². The highest BCUT2D eigenvalue weighted by Crippen LogP contribution is 2.30. The summed E-state index contributed by atoms with van der Waals surface area (Å²) in [7, 11) is 0. The minimum absolute atomic E-state index is 0.120. The van der Waals surface area contributed by atoms with E-state index in [9.17, 15) is 14.7 Å². The van der Waals surface area contributed by atoms with Crippen LogP contribution in [0, 0.1) is 12.3 Å². The normalized spacial score (nSPS) is 22.5. The van der Waals surface area contributed by atoms with Gasteiger partial charge in [-0.25, -0.2) is 4.79 Å². The summed E-state index contributed by atoms with van der Waals surface area (Å²) in [5.41, 5.74) is 0.881. The highest BCUT2D eigenvalue weighted by molar-refractivity contribution is 5.79. The van der Waals surface area contributed by atoms with E-state index in [4.69, 9.17) is 0 Å². The van der Waals surface area contributed by atoms with Gasteiger partial charge in [-0.2, -0.15) is 5.10 Å². The molecule has 1 saturated heterocycles. The van der Waals surface area contributed by atoms with Crippen LogP contribution in [-0.2, 0) is 10.3 Å². The minimum atomic E-state index is -0.854. The average Bonchev–Trinajstić information content (AvgIpc) is 3.03.